The number of anilines is 1. The summed E-state index contributed by atoms with van der Waals surface area (Å²) in [4.78, 5) is 51.8. The number of benzene rings is 1. The van der Waals surface area contributed by atoms with Crippen LogP contribution in [-0.4, -0.2) is 71.5 Å². The van der Waals surface area contributed by atoms with Crippen LogP contribution in [-0.2, 0) is 38.1 Å². The van der Waals surface area contributed by atoms with E-state index in [1.807, 2.05) is 0 Å². The van der Waals surface area contributed by atoms with Crippen molar-refractivity contribution in [3.63, 3.8) is 0 Å². The Morgan fingerprint density at radius 1 is 0.655 bits per heavy atom. The molecule has 10 nitrogen and oxygen atoms in total. The lowest BCUT2D eigenvalue weighted by Crippen LogP contribution is -2.48. The summed E-state index contributed by atoms with van der Waals surface area (Å²) >= 11 is 0. The molecule has 29 heavy (non-hydrogen) atoms. The number of carbonyl (C=O) groups is 4. The minimum atomic E-state index is -1.36. The number of rotatable bonds is 6. The van der Waals surface area contributed by atoms with E-state index in [9.17, 15) is 19.2 Å². The maximum absolute atomic E-state index is 12.7. The van der Waals surface area contributed by atoms with Crippen LogP contribution in [0.1, 0.15) is 0 Å². The van der Waals surface area contributed by atoms with Crippen LogP contribution >= 0.6 is 0 Å². The molecular formula is C19H23NO9. The first-order valence-electron chi connectivity index (χ1n) is 8.59. The number of methoxy groups -OCH3 is 5. The molecule has 1 aliphatic rings. The average molecular weight is 409 g/mol. The van der Waals surface area contributed by atoms with Crippen LogP contribution in [0.15, 0.2) is 24.3 Å². The van der Waals surface area contributed by atoms with Crippen molar-refractivity contribution in [2.24, 2.45) is 11.8 Å². The molecule has 0 aromatic heterocycles. The number of hydrogen-bond acceptors (Lipinski definition) is 10. The first-order chi connectivity index (χ1) is 13.9. The molecular weight excluding hydrogens is 386 g/mol. The van der Waals surface area contributed by atoms with Gasteiger partial charge < -0.3 is 28.6 Å². The summed E-state index contributed by atoms with van der Waals surface area (Å²) in [5, 5.41) is 0. The fourth-order valence-corrected chi connectivity index (χ4v) is 3.57. The van der Waals surface area contributed by atoms with Gasteiger partial charge in [0.05, 0.1) is 35.5 Å². The normalized spacial score (nSPS) is 23.1. The predicted molar refractivity (Wildman–Crippen MR) is 98.1 cm³/mol. The van der Waals surface area contributed by atoms with E-state index in [2.05, 4.69) is 0 Å². The summed E-state index contributed by atoms with van der Waals surface area (Å²) in [6.45, 7) is 0. The second kappa shape index (κ2) is 9.26. The molecule has 0 aliphatic carbocycles. The van der Waals surface area contributed by atoms with Crippen LogP contribution in [0.2, 0.25) is 0 Å². The molecule has 1 heterocycles. The summed E-state index contributed by atoms with van der Waals surface area (Å²) in [7, 11) is 6.01. The SMILES string of the molecule is COC(=O)[C@@H]1[C@H](C(=O)OC)[C@H](C(=O)OC)N(c2ccc(OC)cc2)[C@@H]1C(=O)OC. The van der Waals surface area contributed by atoms with Crippen molar-refractivity contribution in [1.29, 1.82) is 0 Å². The molecule has 4 atom stereocenters. The second-order valence-electron chi connectivity index (χ2n) is 6.14. The highest BCUT2D eigenvalue weighted by atomic mass is 16.5. The first-order valence-corrected chi connectivity index (χ1v) is 8.59. The van der Waals surface area contributed by atoms with Gasteiger partial charge in [-0.2, -0.15) is 0 Å². The highest BCUT2D eigenvalue weighted by Gasteiger charge is 2.62. The molecule has 1 saturated heterocycles. The quantitative estimate of drug-likeness (QED) is 0.475. The molecule has 0 bridgehead atoms. The average Bonchev–Trinajstić information content (AvgIpc) is 3.12. The van der Waals surface area contributed by atoms with Gasteiger partial charge in [0.2, 0.25) is 0 Å². The predicted octanol–water partition coefficient (Wildman–Crippen LogP) is 0.177. The van der Waals surface area contributed by atoms with Crippen molar-refractivity contribution in [3.8, 4) is 5.75 Å². The van der Waals surface area contributed by atoms with Crippen LogP contribution in [0.25, 0.3) is 0 Å². The Morgan fingerprint density at radius 3 is 1.34 bits per heavy atom. The molecule has 1 aromatic rings. The van der Waals surface area contributed by atoms with E-state index in [1.165, 1.54) is 12.0 Å². The van der Waals surface area contributed by atoms with Gasteiger partial charge in [0.25, 0.3) is 0 Å². The third-order valence-electron chi connectivity index (χ3n) is 4.87. The molecule has 10 heteroatoms. The number of carbonyl (C=O) groups excluding carboxylic acids is 4. The van der Waals surface area contributed by atoms with Crippen molar-refractivity contribution in [2.45, 2.75) is 12.1 Å². The van der Waals surface area contributed by atoms with Crippen molar-refractivity contribution in [1.82, 2.24) is 0 Å². The highest BCUT2D eigenvalue weighted by molar-refractivity contribution is 5.99. The topological polar surface area (TPSA) is 118 Å². The van der Waals surface area contributed by atoms with Gasteiger partial charge in [0, 0.05) is 5.69 Å². The summed E-state index contributed by atoms with van der Waals surface area (Å²) in [5.41, 5.74) is 0.372. The van der Waals surface area contributed by atoms with Crippen LogP contribution in [0.3, 0.4) is 0 Å². The van der Waals surface area contributed by atoms with Gasteiger partial charge >= 0.3 is 23.9 Å². The molecule has 2 rings (SSSR count). The smallest absolute Gasteiger partial charge is 0.329 e. The monoisotopic (exact) mass is 409 g/mol. The number of nitrogens with zero attached hydrogens (tertiary/aromatic N) is 1. The van der Waals surface area contributed by atoms with Gasteiger partial charge in [-0.25, -0.2) is 9.59 Å². The van der Waals surface area contributed by atoms with Gasteiger partial charge in [-0.05, 0) is 24.3 Å². The Labute approximate surface area is 167 Å². The summed E-state index contributed by atoms with van der Waals surface area (Å²) in [6, 6.07) is 3.73. The highest BCUT2D eigenvalue weighted by Crippen LogP contribution is 2.42. The largest absolute Gasteiger partial charge is 0.497 e. The van der Waals surface area contributed by atoms with Crippen LogP contribution in [0.4, 0.5) is 5.69 Å². The minimum absolute atomic E-state index is 0.372. The molecule has 0 spiro atoms. The molecule has 1 aliphatic heterocycles. The lowest BCUT2D eigenvalue weighted by atomic mass is 9.86. The van der Waals surface area contributed by atoms with Crippen molar-refractivity contribution in [3.05, 3.63) is 24.3 Å². The van der Waals surface area contributed by atoms with E-state index in [0.717, 1.165) is 28.4 Å². The van der Waals surface area contributed by atoms with Crippen molar-refractivity contribution in [2.75, 3.05) is 40.4 Å². The number of ether oxygens (including phenoxy) is 5. The maximum Gasteiger partial charge on any atom is 0.329 e. The Balaban J connectivity index is 2.73. The van der Waals surface area contributed by atoms with Crippen molar-refractivity contribution >= 4 is 29.6 Å². The Hall–Kier alpha value is -3.30. The van der Waals surface area contributed by atoms with Crippen LogP contribution < -0.4 is 9.64 Å². The van der Waals surface area contributed by atoms with Crippen LogP contribution in [0.5, 0.6) is 5.75 Å². The van der Waals surface area contributed by atoms with Gasteiger partial charge in [-0.3, -0.25) is 9.59 Å². The zero-order valence-electron chi connectivity index (χ0n) is 16.7. The summed E-state index contributed by atoms with van der Waals surface area (Å²) in [5.74, 6) is -5.54. The first kappa shape index (κ1) is 22.0. The molecule has 1 fully saturated rings. The minimum Gasteiger partial charge on any atom is -0.497 e. The maximum atomic E-state index is 12.7. The molecule has 0 amide bonds. The Morgan fingerprint density at radius 2 is 1.03 bits per heavy atom. The Bertz CT molecular complexity index is 734. The molecule has 0 saturated carbocycles. The van der Waals surface area contributed by atoms with Gasteiger partial charge in [0.15, 0.2) is 0 Å². The lowest BCUT2D eigenvalue weighted by molar-refractivity contribution is -0.161. The lowest BCUT2D eigenvalue weighted by Gasteiger charge is -2.30. The second-order valence-corrected chi connectivity index (χ2v) is 6.14. The summed E-state index contributed by atoms with van der Waals surface area (Å²) in [6.07, 6.45) is 0. The van der Waals surface area contributed by atoms with E-state index in [4.69, 9.17) is 23.7 Å². The van der Waals surface area contributed by atoms with Gasteiger partial charge in [-0.15, -0.1) is 0 Å². The van der Waals surface area contributed by atoms with Gasteiger partial charge in [0.1, 0.15) is 29.7 Å². The standard InChI is InChI=1S/C19H23NO9/c1-25-11-8-6-10(7-9-11)20-14(18(23)28-4)12(16(21)26-2)13(17(22)27-3)15(20)19(24)29-5/h6-9,12-15H,1-5H3/t12-,13+,14+,15-. The van der Waals surface area contributed by atoms with E-state index in [1.54, 1.807) is 24.3 Å². The van der Waals surface area contributed by atoms with E-state index in [-0.39, 0.29) is 0 Å². The fourth-order valence-electron chi connectivity index (χ4n) is 3.57. The van der Waals surface area contributed by atoms with Gasteiger partial charge in [-0.1, -0.05) is 0 Å². The Kier molecular flexibility index (Phi) is 7.03. The molecule has 1 aromatic carbocycles. The molecule has 158 valence electrons. The fraction of sp³-hybridized carbons (Fsp3) is 0.474. The third-order valence-corrected chi connectivity index (χ3v) is 4.87. The van der Waals surface area contributed by atoms with E-state index >= 15 is 0 Å². The zero-order chi connectivity index (χ0) is 21.7. The molecule has 0 N–H and O–H groups in total. The molecule has 0 radical (unpaired) electrons. The van der Waals surface area contributed by atoms with E-state index < -0.39 is 47.8 Å². The summed E-state index contributed by atoms with van der Waals surface area (Å²) < 4.78 is 24.5. The zero-order valence-corrected chi connectivity index (χ0v) is 16.7. The molecule has 0 unspecified atom stereocenters. The number of hydrogen-bond donors (Lipinski definition) is 0. The van der Waals surface area contributed by atoms with E-state index in [0.29, 0.717) is 11.4 Å². The third kappa shape index (κ3) is 3.96. The number of esters is 4. The van der Waals surface area contributed by atoms with Crippen molar-refractivity contribution < 1.29 is 42.9 Å². The van der Waals surface area contributed by atoms with Crippen LogP contribution in [0, 0.1) is 11.8 Å².